The van der Waals surface area contributed by atoms with Gasteiger partial charge in [-0.1, -0.05) is 0 Å². The van der Waals surface area contributed by atoms with Crippen LogP contribution in [0.4, 0.5) is 5.82 Å². The van der Waals surface area contributed by atoms with Crippen molar-refractivity contribution in [2.24, 2.45) is 0 Å². The molecule has 0 aliphatic carbocycles. The first-order chi connectivity index (χ1) is 7.61. The smallest absolute Gasteiger partial charge is 0.351 e. The van der Waals surface area contributed by atoms with E-state index in [1.807, 2.05) is 0 Å². The molecule has 3 N–H and O–H groups in total. The van der Waals surface area contributed by atoms with Crippen molar-refractivity contribution < 1.29 is 14.1 Å². The summed E-state index contributed by atoms with van der Waals surface area (Å²) in [5, 5.41) is 8.87. The van der Waals surface area contributed by atoms with Crippen LogP contribution in [0.2, 0.25) is 0 Å². The van der Waals surface area contributed by atoms with Gasteiger partial charge < -0.3 is 15.6 Å². The second kappa shape index (κ2) is 4.32. The maximum absolute atomic E-state index is 11.5. The van der Waals surface area contributed by atoms with Gasteiger partial charge in [0.1, 0.15) is 5.82 Å². The molecule has 0 amide bonds. The van der Waals surface area contributed by atoms with Gasteiger partial charge in [0.05, 0.1) is 23.2 Å². The molecule has 2 heterocycles. The summed E-state index contributed by atoms with van der Waals surface area (Å²) in [6, 6.07) is 1.46. The second-order valence-corrected chi connectivity index (χ2v) is 4.91. The molecule has 0 radical (unpaired) electrons. The van der Waals surface area contributed by atoms with Crippen LogP contribution in [0, 0.1) is 0 Å². The summed E-state index contributed by atoms with van der Waals surface area (Å²) in [4.78, 5) is 15.0. The molecular formula is C8H11N3O4S. The van der Waals surface area contributed by atoms with Crippen LogP contribution < -0.4 is 11.4 Å². The summed E-state index contributed by atoms with van der Waals surface area (Å²) < 4.78 is 17.9. The number of hydrogen-bond donors (Lipinski definition) is 2. The van der Waals surface area contributed by atoms with Crippen LogP contribution in [-0.4, -0.2) is 36.7 Å². The summed E-state index contributed by atoms with van der Waals surface area (Å²) >= 11 is 0. The zero-order chi connectivity index (χ0) is 11.7. The first-order valence-corrected chi connectivity index (χ1v) is 5.98. The van der Waals surface area contributed by atoms with Gasteiger partial charge in [0.15, 0.2) is 11.7 Å². The molecule has 88 valence electrons. The molecule has 0 saturated carbocycles. The molecule has 0 bridgehead atoms. The largest absolute Gasteiger partial charge is 0.393 e. The number of anilines is 1. The average Bonchev–Trinajstić information content (AvgIpc) is 2.59. The van der Waals surface area contributed by atoms with Crippen molar-refractivity contribution in [3.63, 3.8) is 0 Å². The van der Waals surface area contributed by atoms with E-state index in [1.165, 1.54) is 16.8 Å². The predicted molar refractivity (Wildman–Crippen MR) is 56.9 cm³/mol. The highest BCUT2D eigenvalue weighted by Crippen LogP contribution is 2.22. The SMILES string of the molecule is Nc1ccn([C@@H]2C[S@](=O)[C@H](CO)O2)c(=O)n1. The van der Waals surface area contributed by atoms with E-state index in [1.54, 1.807) is 0 Å². The van der Waals surface area contributed by atoms with E-state index < -0.39 is 28.2 Å². The van der Waals surface area contributed by atoms with Crippen molar-refractivity contribution in [1.29, 1.82) is 0 Å². The van der Waals surface area contributed by atoms with Crippen molar-refractivity contribution in [2.75, 3.05) is 18.1 Å². The molecule has 0 aromatic carbocycles. The highest BCUT2D eigenvalue weighted by molar-refractivity contribution is 7.85. The quantitative estimate of drug-likeness (QED) is 0.651. The zero-order valence-corrected chi connectivity index (χ0v) is 9.09. The van der Waals surface area contributed by atoms with Crippen molar-refractivity contribution in [3.05, 3.63) is 22.7 Å². The summed E-state index contributed by atoms with van der Waals surface area (Å²) in [5.74, 6) is 0.288. The number of ether oxygens (including phenoxy) is 1. The summed E-state index contributed by atoms with van der Waals surface area (Å²) in [5.41, 5.74) is 4.05. The lowest BCUT2D eigenvalue weighted by atomic mass is 10.5. The van der Waals surface area contributed by atoms with Crippen molar-refractivity contribution in [3.8, 4) is 0 Å². The van der Waals surface area contributed by atoms with Gasteiger partial charge >= 0.3 is 5.69 Å². The van der Waals surface area contributed by atoms with Crippen LogP contribution in [0.25, 0.3) is 0 Å². The van der Waals surface area contributed by atoms with Gasteiger partial charge in [0, 0.05) is 6.20 Å². The standard InChI is InChI=1S/C8H11N3O4S/c9-5-1-2-11(8(13)10-5)6-4-16(14)7(3-12)15-6/h1-2,6-7,12H,3-4H2,(H2,9,10,13)/t6-,7+,16-/m0/s1. The molecule has 0 unspecified atom stereocenters. The monoisotopic (exact) mass is 245 g/mol. The van der Waals surface area contributed by atoms with Crippen molar-refractivity contribution in [2.45, 2.75) is 11.7 Å². The predicted octanol–water partition coefficient (Wildman–Crippen LogP) is -1.58. The van der Waals surface area contributed by atoms with Crippen molar-refractivity contribution in [1.82, 2.24) is 9.55 Å². The molecule has 1 aromatic heterocycles. The fourth-order valence-electron chi connectivity index (χ4n) is 1.44. The van der Waals surface area contributed by atoms with E-state index >= 15 is 0 Å². The Balaban J connectivity index is 2.27. The van der Waals surface area contributed by atoms with E-state index in [0.29, 0.717) is 0 Å². The fraction of sp³-hybridized carbons (Fsp3) is 0.500. The zero-order valence-electron chi connectivity index (χ0n) is 8.28. The van der Waals surface area contributed by atoms with Crippen LogP contribution in [-0.2, 0) is 15.5 Å². The van der Waals surface area contributed by atoms with E-state index in [2.05, 4.69) is 4.98 Å². The van der Waals surface area contributed by atoms with Gasteiger partial charge in [-0.15, -0.1) is 0 Å². The van der Waals surface area contributed by atoms with Gasteiger partial charge in [-0.3, -0.25) is 8.78 Å². The Morgan fingerprint density at radius 2 is 2.50 bits per heavy atom. The lowest BCUT2D eigenvalue weighted by Gasteiger charge is -2.12. The van der Waals surface area contributed by atoms with Crippen molar-refractivity contribution >= 4 is 16.6 Å². The number of aromatic nitrogens is 2. The Morgan fingerprint density at radius 3 is 3.06 bits per heavy atom. The summed E-state index contributed by atoms with van der Waals surface area (Å²) in [6.45, 7) is -0.333. The Hall–Kier alpha value is -1.25. The van der Waals surface area contributed by atoms with Crippen LogP contribution in [0.15, 0.2) is 17.1 Å². The molecule has 0 spiro atoms. The maximum atomic E-state index is 11.5. The summed E-state index contributed by atoms with van der Waals surface area (Å²) in [6.07, 6.45) is 0.783. The first kappa shape index (κ1) is 11.2. The fourth-order valence-corrected chi connectivity index (χ4v) is 2.59. The molecule has 1 aliphatic rings. The summed E-state index contributed by atoms with van der Waals surface area (Å²) in [7, 11) is -1.30. The first-order valence-electron chi connectivity index (χ1n) is 4.60. The molecule has 1 aromatic rings. The number of nitrogens with zero attached hydrogens (tertiary/aromatic N) is 2. The molecule has 16 heavy (non-hydrogen) atoms. The van der Waals surface area contributed by atoms with Gasteiger partial charge in [-0.05, 0) is 6.07 Å². The van der Waals surface area contributed by atoms with Crippen LogP contribution in [0.1, 0.15) is 6.23 Å². The number of hydrogen-bond acceptors (Lipinski definition) is 6. The minimum atomic E-state index is -1.30. The Kier molecular flexibility index (Phi) is 3.03. The number of aliphatic hydroxyl groups is 1. The average molecular weight is 245 g/mol. The van der Waals surface area contributed by atoms with Gasteiger partial charge in [-0.2, -0.15) is 4.98 Å². The van der Waals surface area contributed by atoms with Crippen LogP contribution >= 0.6 is 0 Å². The normalized spacial score (nSPS) is 29.4. The van der Waals surface area contributed by atoms with Gasteiger partial charge in [-0.25, -0.2) is 4.79 Å². The lowest BCUT2D eigenvalue weighted by Crippen LogP contribution is -2.28. The van der Waals surface area contributed by atoms with Crippen LogP contribution in [0.3, 0.4) is 0 Å². The minimum Gasteiger partial charge on any atom is -0.393 e. The number of nitrogen functional groups attached to an aromatic ring is 1. The second-order valence-electron chi connectivity index (χ2n) is 3.29. The van der Waals surface area contributed by atoms with E-state index in [4.69, 9.17) is 15.6 Å². The molecule has 1 fully saturated rings. The van der Waals surface area contributed by atoms with Crippen LogP contribution in [0.5, 0.6) is 0 Å². The topological polar surface area (TPSA) is 107 Å². The third-order valence-corrected chi connectivity index (χ3v) is 3.68. The molecule has 1 saturated heterocycles. The Bertz CT molecular complexity index is 475. The lowest BCUT2D eigenvalue weighted by molar-refractivity contribution is -0.00702. The molecule has 1 aliphatic heterocycles. The third kappa shape index (κ3) is 1.99. The van der Waals surface area contributed by atoms with E-state index in [-0.39, 0.29) is 18.2 Å². The Labute approximate surface area is 93.3 Å². The molecule has 8 heteroatoms. The number of aliphatic hydroxyl groups excluding tert-OH is 1. The Morgan fingerprint density at radius 1 is 1.75 bits per heavy atom. The molecule has 2 rings (SSSR count). The highest BCUT2D eigenvalue weighted by Gasteiger charge is 2.33. The van der Waals surface area contributed by atoms with E-state index in [9.17, 15) is 9.00 Å². The third-order valence-electron chi connectivity index (χ3n) is 2.22. The molecular weight excluding hydrogens is 234 g/mol. The number of nitrogens with two attached hydrogens (primary N) is 1. The number of rotatable bonds is 2. The van der Waals surface area contributed by atoms with Gasteiger partial charge in [0.25, 0.3) is 0 Å². The molecule has 3 atom stereocenters. The highest BCUT2D eigenvalue weighted by atomic mass is 32.2. The molecule has 7 nitrogen and oxygen atoms in total. The van der Waals surface area contributed by atoms with Gasteiger partial charge in [0.2, 0.25) is 0 Å². The minimum absolute atomic E-state index is 0.124. The van der Waals surface area contributed by atoms with E-state index in [0.717, 1.165) is 0 Å². The maximum Gasteiger partial charge on any atom is 0.351 e.